The smallest absolute Gasteiger partial charge is 0.224 e. The molecule has 0 aromatic heterocycles. The Balaban J connectivity index is 2.51. The van der Waals surface area contributed by atoms with Gasteiger partial charge < -0.3 is 0 Å². The first-order valence-corrected chi connectivity index (χ1v) is 11.3. The first-order valence-electron chi connectivity index (χ1n) is 7.92. The van der Waals surface area contributed by atoms with E-state index in [0.717, 1.165) is 17.4 Å². The van der Waals surface area contributed by atoms with Crippen LogP contribution in [0.4, 0.5) is 0 Å². The maximum absolute atomic E-state index is 13.1. The molecule has 0 aliphatic rings. The van der Waals surface area contributed by atoms with Crippen LogP contribution in [0.15, 0.2) is 52.3 Å². The molecule has 2 aromatic carbocycles. The number of benzene rings is 2. The van der Waals surface area contributed by atoms with Crippen LogP contribution in [0, 0.1) is 13.8 Å². The second kappa shape index (κ2) is 7.27. The summed E-state index contributed by atoms with van der Waals surface area (Å²) in [6.45, 7) is 5.91. The Hall–Kier alpha value is -1.70. The van der Waals surface area contributed by atoms with Crippen molar-refractivity contribution < 1.29 is 16.8 Å². The molecule has 5 nitrogen and oxygen atoms in total. The Morgan fingerprint density at radius 2 is 1.56 bits per heavy atom. The minimum atomic E-state index is -3.81. The summed E-state index contributed by atoms with van der Waals surface area (Å²) in [6, 6.07) is 11.8. The van der Waals surface area contributed by atoms with Crippen molar-refractivity contribution in [3.63, 3.8) is 0 Å². The van der Waals surface area contributed by atoms with Crippen molar-refractivity contribution in [3.8, 4) is 0 Å². The molecule has 136 valence electrons. The van der Waals surface area contributed by atoms with Gasteiger partial charge in [0.15, 0.2) is 9.84 Å². The van der Waals surface area contributed by atoms with E-state index >= 15 is 0 Å². The summed E-state index contributed by atoms with van der Waals surface area (Å²) in [5, 5.41) is 0. The summed E-state index contributed by atoms with van der Waals surface area (Å²) in [5.41, 5.74) is 2.46. The van der Waals surface area contributed by atoms with Gasteiger partial charge in [-0.15, -0.1) is 0 Å². The standard InChI is InChI=1S/C18H23NO4S2/c1-5-19(13-16-9-7-6-8-14(16)2)25(22,23)18-12-17(24(4,20)21)11-10-15(18)3/h6-12H,5,13H2,1-4H3. The van der Waals surface area contributed by atoms with Gasteiger partial charge in [-0.1, -0.05) is 37.3 Å². The lowest BCUT2D eigenvalue weighted by molar-refractivity contribution is 0.422. The van der Waals surface area contributed by atoms with E-state index in [-0.39, 0.29) is 16.3 Å². The maximum Gasteiger partial charge on any atom is 0.243 e. The summed E-state index contributed by atoms with van der Waals surface area (Å²) in [7, 11) is -7.29. The lowest BCUT2D eigenvalue weighted by atomic mass is 10.1. The van der Waals surface area contributed by atoms with Crippen LogP contribution < -0.4 is 0 Å². The van der Waals surface area contributed by atoms with Crippen molar-refractivity contribution in [3.05, 3.63) is 59.2 Å². The van der Waals surface area contributed by atoms with Crippen molar-refractivity contribution in [2.75, 3.05) is 12.8 Å². The van der Waals surface area contributed by atoms with E-state index in [0.29, 0.717) is 12.1 Å². The molecule has 0 N–H and O–H groups in total. The predicted molar refractivity (Wildman–Crippen MR) is 98.7 cm³/mol. The lowest BCUT2D eigenvalue weighted by Crippen LogP contribution is -2.31. The number of sulfone groups is 1. The summed E-state index contributed by atoms with van der Waals surface area (Å²) in [5.74, 6) is 0. The second-order valence-corrected chi connectivity index (χ2v) is 9.98. The first kappa shape index (κ1) is 19.6. The molecular formula is C18H23NO4S2. The molecule has 2 aromatic rings. The van der Waals surface area contributed by atoms with Crippen molar-refractivity contribution in [1.29, 1.82) is 0 Å². The second-order valence-electron chi connectivity index (χ2n) is 6.06. The van der Waals surface area contributed by atoms with Gasteiger partial charge in [0.05, 0.1) is 9.79 Å². The molecule has 0 saturated heterocycles. The van der Waals surface area contributed by atoms with Gasteiger partial charge in [0, 0.05) is 19.3 Å². The molecule has 0 saturated carbocycles. The Labute approximate surface area is 150 Å². The topological polar surface area (TPSA) is 71.5 Å². The number of aryl methyl sites for hydroxylation is 2. The summed E-state index contributed by atoms with van der Waals surface area (Å²) in [4.78, 5) is 0.0366. The van der Waals surface area contributed by atoms with Crippen molar-refractivity contribution >= 4 is 19.9 Å². The lowest BCUT2D eigenvalue weighted by Gasteiger charge is -2.23. The molecule has 0 fully saturated rings. The molecule has 0 aliphatic carbocycles. The van der Waals surface area contributed by atoms with Crippen LogP contribution in [0.25, 0.3) is 0 Å². The first-order chi connectivity index (χ1) is 11.6. The van der Waals surface area contributed by atoms with E-state index in [9.17, 15) is 16.8 Å². The molecule has 0 unspecified atom stereocenters. The van der Waals surface area contributed by atoms with Crippen LogP contribution in [-0.4, -0.2) is 33.9 Å². The van der Waals surface area contributed by atoms with E-state index in [1.54, 1.807) is 13.8 Å². The maximum atomic E-state index is 13.1. The average Bonchev–Trinajstić information content (AvgIpc) is 2.53. The van der Waals surface area contributed by atoms with Crippen molar-refractivity contribution in [2.24, 2.45) is 0 Å². The Morgan fingerprint density at radius 3 is 2.12 bits per heavy atom. The quantitative estimate of drug-likeness (QED) is 0.771. The predicted octanol–water partition coefficient (Wildman–Crippen LogP) is 2.92. The third kappa shape index (κ3) is 4.29. The van der Waals surface area contributed by atoms with Gasteiger partial charge in [0.1, 0.15) is 0 Å². The third-order valence-corrected chi connectivity index (χ3v) is 7.34. The molecule has 25 heavy (non-hydrogen) atoms. The summed E-state index contributed by atoms with van der Waals surface area (Å²) >= 11 is 0. The molecule has 0 bridgehead atoms. The van der Waals surface area contributed by atoms with Crippen LogP contribution in [-0.2, 0) is 26.4 Å². The van der Waals surface area contributed by atoms with Gasteiger partial charge in [-0.2, -0.15) is 4.31 Å². The van der Waals surface area contributed by atoms with E-state index in [4.69, 9.17) is 0 Å². The van der Waals surface area contributed by atoms with Gasteiger partial charge in [-0.3, -0.25) is 0 Å². The number of sulfonamides is 1. The minimum absolute atomic E-state index is 0.00335. The van der Waals surface area contributed by atoms with Crippen molar-refractivity contribution in [1.82, 2.24) is 4.31 Å². The third-order valence-electron chi connectivity index (χ3n) is 4.17. The fraction of sp³-hybridized carbons (Fsp3) is 0.333. The number of rotatable bonds is 6. The largest absolute Gasteiger partial charge is 0.243 e. The molecule has 0 heterocycles. The minimum Gasteiger partial charge on any atom is -0.224 e. The van der Waals surface area contributed by atoms with Gasteiger partial charge in [-0.25, -0.2) is 16.8 Å². The molecule has 0 spiro atoms. The molecule has 7 heteroatoms. The molecule has 0 amide bonds. The Morgan fingerprint density at radius 1 is 0.920 bits per heavy atom. The normalized spacial score (nSPS) is 12.5. The van der Waals surface area contributed by atoms with Crippen LogP contribution in [0.5, 0.6) is 0 Å². The average molecular weight is 382 g/mol. The Bertz CT molecular complexity index is 980. The number of hydrogen-bond acceptors (Lipinski definition) is 4. The van der Waals surface area contributed by atoms with Crippen LogP contribution in [0.2, 0.25) is 0 Å². The van der Waals surface area contributed by atoms with Gasteiger partial charge >= 0.3 is 0 Å². The Kier molecular flexibility index (Phi) is 5.71. The van der Waals surface area contributed by atoms with E-state index in [2.05, 4.69) is 0 Å². The molecule has 2 rings (SSSR count). The number of hydrogen-bond donors (Lipinski definition) is 0. The summed E-state index contributed by atoms with van der Waals surface area (Å²) in [6.07, 6.45) is 1.07. The van der Waals surface area contributed by atoms with Gasteiger partial charge in [0.25, 0.3) is 0 Å². The van der Waals surface area contributed by atoms with Crippen LogP contribution in [0.1, 0.15) is 23.6 Å². The van der Waals surface area contributed by atoms with E-state index in [1.807, 2.05) is 31.2 Å². The fourth-order valence-electron chi connectivity index (χ4n) is 2.57. The molecule has 0 radical (unpaired) electrons. The fourth-order valence-corrected chi connectivity index (χ4v) is 4.97. The van der Waals surface area contributed by atoms with E-state index in [1.165, 1.54) is 22.5 Å². The highest BCUT2D eigenvalue weighted by atomic mass is 32.2. The number of nitrogens with zero attached hydrogens (tertiary/aromatic N) is 1. The molecule has 0 atom stereocenters. The zero-order valence-electron chi connectivity index (χ0n) is 14.9. The zero-order chi connectivity index (χ0) is 18.8. The highest BCUT2D eigenvalue weighted by molar-refractivity contribution is 7.91. The van der Waals surface area contributed by atoms with Crippen LogP contribution in [0.3, 0.4) is 0 Å². The van der Waals surface area contributed by atoms with Gasteiger partial charge in [0.2, 0.25) is 10.0 Å². The van der Waals surface area contributed by atoms with Crippen LogP contribution >= 0.6 is 0 Å². The van der Waals surface area contributed by atoms with Gasteiger partial charge in [-0.05, 0) is 42.7 Å². The zero-order valence-corrected chi connectivity index (χ0v) is 16.5. The monoisotopic (exact) mass is 381 g/mol. The highest BCUT2D eigenvalue weighted by Crippen LogP contribution is 2.25. The molecular weight excluding hydrogens is 358 g/mol. The van der Waals surface area contributed by atoms with E-state index < -0.39 is 19.9 Å². The summed E-state index contributed by atoms with van der Waals surface area (Å²) < 4.78 is 51.2. The SMILES string of the molecule is CCN(Cc1ccccc1C)S(=O)(=O)c1cc(S(C)(=O)=O)ccc1C. The molecule has 0 aliphatic heterocycles. The highest BCUT2D eigenvalue weighted by Gasteiger charge is 2.26. The van der Waals surface area contributed by atoms with Crippen molar-refractivity contribution in [2.45, 2.75) is 37.1 Å².